The summed E-state index contributed by atoms with van der Waals surface area (Å²) in [7, 11) is 0. The second-order valence-electron chi connectivity index (χ2n) is 6.04. The van der Waals surface area contributed by atoms with Crippen molar-refractivity contribution >= 4 is 17.5 Å². The van der Waals surface area contributed by atoms with Gasteiger partial charge < -0.3 is 10.6 Å². The maximum Gasteiger partial charge on any atom is 0.251 e. The Bertz CT molecular complexity index is 701. The van der Waals surface area contributed by atoms with Crippen LogP contribution in [-0.2, 0) is 11.2 Å². The zero-order valence-electron chi connectivity index (χ0n) is 13.1. The van der Waals surface area contributed by atoms with Crippen LogP contribution < -0.4 is 10.6 Å². The highest BCUT2D eigenvalue weighted by Gasteiger charge is 2.23. The molecule has 0 radical (unpaired) electrons. The van der Waals surface area contributed by atoms with E-state index in [2.05, 4.69) is 10.6 Å². The first-order chi connectivity index (χ1) is 11.1. The third kappa shape index (κ3) is 4.42. The number of rotatable bonds is 5. The number of aryl methyl sites for hydroxylation is 1. The van der Waals surface area contributed by atoms with E-state index in [1.54, 1.807) is 24.3 Å². The van der Waals surface area contributed by atoms with Crippen LogP contribution in [-0.4, -0.2) is 17.9 Å². The molecule has 1 aliphatic carbocycles. The molecule has 3 rings (SSSR count). The van der Waals surface area contributed by atoms with Crippen LogP contribution in [0.1, 0.15) is 34.3 Å². The van der Waals surface area contributed by atoms with E-state index in [1.165, 1.54) is 5.56 Å². The van der Waals surface area contributed by atoms with Crippen LogP contribution in [0, 0.1) is 6.92 Å². The van der Waals surface area contributed by atoms with Crippen molar-refractivity contribution in [1.29, 1.82) is 0 Å². The van der Waals surface area contributed by atoms with Gasteiger partial charge in [0.25, 0.3) is 5.91 Å². The molecule has 2 aromatic carbocycles. The molecular formula is C19H20N2O2. The van der Waals surface area contributed by atoms with Gasteiger partial charge in [0.15, 0.2) is 0 Å². The summed E-state index contributed by atoms with van der Waals surface area (Å²) in [5.74, 6) is -0.117. The molecule has 0 saturated heterocycles. The lowest BCUT2D eigenvalue weighted by molar-refractivity contribution is -0.115. The highest BCUT2D eigenvalue weighted by molar-refractivity contribution is 5.96. The Labute approximate surface area is 135 Å². The van der Waals surface area contributed by atoms with E-state index in [4.69, 9.17) is 0 Å². The molecule has 0 aromatic heterocycles. The van der Waals surface area contributed by atoms with Crippen molar-refractivity contribution in [2.45, 2.75) is 32.2 Å². The molecule has 0 heterocycles. The lowest BCUT2D eigenvalue weighted by Gasteiger charge is -2.07. The molecule has 118 valence electrons. The molecule has 2 N–H and O–H groups in total. The summed E-state index contributed by atoms with van der Waals surface area (Å²) in [4.78, 5) is 23.9. The lowest BCUT2D eigenvalue weighted by atomic mass is 10.1. The van der Waals surface area contributed by atoms with Gasteiger partial charge in [-0.15, -0.1) is 0 Å². The molecular weight excluding hydrogens is 288 g/mol. The van der Waals surface area contributed by atoms with Gasteiger partial charge in [-0.05, 0) is 49.6 Å². The number of carbonyl (C=O) groups is 2. The van der Waals surface area contributed by atoms with Gasteiger partial charge in [-0.2, -0.15) is 0 Å². The SMILES string of the molecule is Cc1ccc(CC(=O)Nc2ccc(C(=O)NC3CC3)cc2)cc1. The summed E-state index contributed by atoms with van der Waals surface area (Å²) < 4.78 is 0. The molecule has 23 heavy (non-hydrogen) atoms. The third-order valence-corrected chi connectivity index (χ3v) is 3.83. The first-order valence-corrected chi connectivity index (χ1v) is 7.86. The number of anilines is 1. The Morgan fingerprint density at radius 3 is 2.26 bits per heavy atom. The number of hydrogen-bond donors (Lipinski definition) is 2. The van der Waals surface area contributed by atoms with Gasteiger partial charge in [0.05, 0.1) is 6.42 Å². The summed E-state index contributed by atoms with van der Waals surface area (Å²) in [6, 6.07) is 15.2. The van der Waals surface area contributed by atoms with Gasteiger partial charge in [0.2, 0.25) is 5.91 Å². The fraction of sp³-hybridized carbons (Fsp3) is 0.263. The molecule has 1 saturated carbocycles. The van der Waals surface area contributed by atoms with Crippen molar-refractivity contribution in [3.8, 4) is 0 Å². The molecule has 2 aromatic rings. The van der Waals surface area contributed by atoms with Crippen LogP contribution in [0.4, 0.5) is 5.69 Å². The van der Waals surface area contributed by atoms with Crippen LogP contribution in [0.2, 0.25) is 0 Å². The fourth-order valence-electron chi connectivity index (χ4n) is 2.30. The minimum Gasteiger partial charge on any atom is -0.349 e. The van der Waals surface area contributed by atoms with Crippen molar-refractivity contribution in [2.24, 2.45) is 0 Å². The second-order valence-corrected chi connectivity index (χ2v) is 6.04. The van der Waals surface area contributed by atoms with Crippen LogP contribution in [0.15, 0.2) is 48.5 Å². The Balaban J connectivity index is 1.55. The van der Waals surface area contributed by atoms with Crippen LogP contribution >= 0.6 is 0 Å². The van der Waals surface area contributed by atoms with E-state index in [0.29, 0.717) is 23.7 Å². The summed E-state index contributed by atoms with van der Waals surface area (Å²) in [5.41, 5.74) is 3.47. The van der Waals surface area contributed by atoms with Gasteiger partial charge in [0.1, 0.15) is 0 Å². The van der Waals surface area contributed by atoms with Gasteiger partial charge in [0, 0.05) is 17.3 Å². The van der Waals surface area contributed by atoms with E-state index in [0.717, 1.165) is 18.4 Å². The Hall–Kier alpha value is -2.62. The molecule has 1 aliphatic rings. The predicted octanol–water partition coefficient (Wildman–Crippen LogP) is 3.07. The third-order valence-electron chi connectivity index (χ3n) is 3.83. The number of carbonyl (C=O) groups excluding carboxylic acids is 2. The Morgan fingerprint density at radius 1 is 1.00 bits per heavy atom. The van der Waals surface area contributed by atoms with E-state index in [1.807, 2.05) is 31.2 Å². The van der Waals surface area contributed by atoms with Gasteiger partial charge in [-0.3, -0.25) is 9.59 Å². The second kappa shape index (κ2) is 6.65. The number of nitrogens with one attached hydrogen (secondary N) is 2. The zero-order chi connectivity index (χ0) is 16.2. The number of hydrogen-bond acceptors (Lipinski definition) is 2. The van der Waals surface area contributed by atoms with Crippen molar-refractivity contribution in [1.82, 2.24) is 5.32 Å². The van der Waals surface area contributed by atoms with Crippen LogP contribution in [0.5, 0.6) is 0 Å². The van der Waals surface area contributed by atoms with Crippen molar-refractivity contribution < 1.29 is 9.59 Å². The zero-order valence-corrected chi connectivity index (χ0v) is 13.1. The van der Waals surface area contributed by atoms with Crippen LogP contribution in [0.25, 0.3) is 0 Å². The summed E-state index contributed by atoms with van der Waals surface area (Å²) in [5, 5.41) is 5.79. The maximum absolute atomic E-state index is 12.0. The van der Waals surface area contributed by atoms with E-state index in [9.17, 15) is 9.59 Å². The van der Waals surface area contributed by atoms with Gasteiger partial charge in [-0.25, -0.2) is 0 Å². The fourth-order valence-corrected chi connectivity index (χ4v) is 2.30. The van der Waals surface area contributed by atoms with Gasteiger partial charge in [-0.1, -0.05) is 29.8 Å². The summed E-state index contributed by atoms with van der Waals surface area (Å²) in [6.07, 6.45) is 2.47. The molecule has 4 heteroatoms. The quantitative estimate of drug-likeness (QED) is 0.892. The van der Waals surface area contributed by atoms with Crippen molar-refractivity contribution in [3.63, 3.8) is 0 Å². The van der Waals surface area contributed by atoms with Gasteiger partial charge >= 0.3 is 0 Å². The maximum atomic E-state index is 12.0. The summed E-state index contributed by atoms with van der Waals surface area (Å²) >= 11 is 0. The van der Waals surface area contributed by atoms with Crippen molar-refractivity contribution in [3.05, 3.63) is 65.2 Å². The monoisotopic (exact) mass is 308 g/mol. The van der Waals surface area contributed by atoms with Crippen molar-refractivity contribution in [2.75, 3.05) is 5.32 Å². The molecule has 0 bridgehead atoms. The largest absolute Gasteiger partial charge is 0.349 e. The molecule has 4 nitrogen and oxygen atoms in total. The van der Waals surface area contributed by atoms with E-state index >= 15 is 0 Å². The highest BCUT2D eigenvalue weighted by atomic mass is 16.2. The molecule has 0 unspecified atom stereocenters. The molecule has 1 fully saturated rings. The normalized spacial score (nSPS) is 13.4. The molecule has 0 atom stereocenters. The average Bonchev–Trinajstić information content (AvgIpc) is 3.34. The lowest BCUT2D eigenvalue weighted by Crippen LogP contribution is -2.25. The molecule has 0 aliphatic heterocycles. The van der Waals surface area contributed by atoms with E-state index < -0.39 is 0 Å². The Morgan fingerprint density at radius 2 is 1.65 bits per heavy atom. The summed E-state index contributed by atoms with van der Waals surface area (Å²) in [6.45, 7) is 2.02. The number of benzene rings is 2. The topological polar surface area (TPSA) is 58.2 Å². The van der Waals surface area contributed by atoms with Crippen LogP contribution in [0.3, 0.4) is 0 Å². The smallest absolute Gasteiger partial charge is 0.251 e. The first-order valence-electron chi connectivity index (χ1n) is 7.86. The average molecular weight is 308 g/mol. The molecule has 2 amide bonds. The minimum atomic E-state index is -0.0657. The Kier molecular flexibility index (Phi) is 4.42. The van der Waals surface area contributed by atoms with E-state index in [-0.39, 0.29) is 11.8 Å². The highest BCUT2D eigenvalue weighted by Crippen LogP contribution is 2.19. The molecule has 0 spiro atoms. The number of amides is 2. The first kappa shape index (κ1) is 15.3. The predicted molar refractivity (Wildman–Crippen MR) is 90.4 cm³/mol. The standard InChI is InChI=1S/C19H20N2O2/c1-13-2-4-14(5-3-13)12-18(22)20-16-8-6-15(7-9-16)19(23)21-17-10-11-17/h2-9,17H,10-12H2,1H3,(H,20,22)(H,21,23). The minimum absolute atomic E-state index is 0.0509.